The number of benzene rings is 2. The Balaban J connectivity index is 2.10. The molecule has 0 radical (unpaired) electrons. The van der Waals surface area contributed by atoms with Crippen molar-refractivity contribution in [2.75, 3.05) is 19.5 Å². The van der Waals surface area contributed by atoms with Crippen LogP contribution in [0.3, 0.4) is 0 Å². The summed E-state index contributed by atoms with van der Waals surface area (Å²) in [5.41, 5.74) is 1.23. The highest BCUT2D eigenvalue weighted by Crippen LogP contribution is 2.36. The Labute approximate surface area is 155 Å². The van der Waals surface area contributed by atoms with Crippen LogP contribution in [0.25, 0.3) is 0 Å². The maximum atomic E-state index is 12.2. The van der Waals surface area contributed by atoms with Gasteiger partial charge in [-0.05, 0) is 24.1 Å². The lowest BCUT2D eigenvalue weighted by Crippen LogP contribution is -2.13. The Morgan fingerprint density at radius 3 is 2.21 bits per heavy atom. The van der Waals surface area contributed by atoms with Crippen LogP contribution in [0.5, 0.6) is 11.5 Å². The van der Waals surface area contributed by atoms with Crippen LogP contribution in [0, 0.1) is 0 Å². The monoisotopic (exact) mass is 387 g/mol. The molecule has 0 fully saturated rings. The van der Waals surface area contributed by atoms with Gasteiger partial charge in [-0.1, -0.05) is 40.9 Å². The van der Waals surface area contributed by atoms with Gasteiger partial charge in [-0.25, -0.2) is 0 Å². The average Bonchev–Trinajstić information content (AvgIpc) is 2.55. The van der Waals surface area contributed by atoms with Gasteiger partial charge in [0.1, 0.15) is 11.5 Å². The van der Waals surface area contributed by atoms with E-state index in [4.69, 9.17) is 44.3 Å². The van der Waals surface area contributed by atoms with E-state index in [1.54, 1.807) is 30.3 Å². The predicted molar refractivity (Wildman–Crippen MR) is 98.0 cm³/mol. The molecule has 2 aromatic carbocycles. The van der Waals surface area contributed by atoms with E-state index in [-0.39, 0.29) is 12.3 Å². The largest absolute Gasteiger partial charge is 0.495 e. The molecule has 0 aliphatic heterocycles. The fraction of sp³-hybridized carbons (Fsp3) is 0.235. The standard InChI is InChI=1S/C17H16Cl3NO3/c1-23-15-9-14(16(24-2)8-13(15)20)21-17(22)7-6-10-11(18)4-3-5-12(10)19/h3-5,8-9H,6-7H2,1-2H3,(H,21,22). The summed E-state index contributed by atoms with van der Waals surface area (Å²) in [6.45, 7) is 0. The number of hydrogen-bond donors (Lipinski definition) is 1. The third kappa shape index (κ3) is 4.47. The molecular formula is C17H16Cl3NO3. The minimum atomic E-state index is -0.200. The number of hydrogen-bond acceptors (Lipinski definition) is 3. The van der Waals surface area contributed by atoms with Crippen LogP contribution in [-0.2, 0) is 11.2 Å². The fourth-order valence-corrected chi connectivity index (χ4v) is 3.00. The third-order valence-corrected chi connectivity index (χ3v) is 4.42. The van der Waals surface area contributed by atoms with E-state index < -0.39 is 0 Å². The number of carbonyl (C=O) groups excluding carboxylic acids is 1. The summed E-state index contributed by atoms with van der Waals surface area (Å²) >= 11 is 18.3. The van der Waals surface area contributed by atoms with E-state index in [1.165, 1.54) is 14.2 Å². The van der Waals surface area contributed by atoms with Crippen molar-refractivity contribution in [3.05, 3.63) is 51.0 Å². The first kappa shape index (κ1) is 18.7. The highest BCUT2D eigenvalue weighted by molar-refractivity contribution is 6.36. The zero-order valence-electron chi connectivity index (χ0n) is 13.2. The number of amides is 1. The van der Waals surface area contributed by atoms with Crippen molar-refractivity contribution in [2.24, 2.45) is 0 Å². The van der Waals surface area contributed by atoms with Gasteiger partial charge in [0, 0.05) is 28.6 Å². The van der Waals surface area contributed by atoms with Gasteiger partial charge >= 0.3 is 0 Å². The molecule has 0 bridgehead atoms. The van der Waals surface area contributed by atoms with Crippen LogP contribution >= 0.6 is 34.8 Å². The highest BCUT2D eigenvalue weighted by Gasteiger charge is 2.14. The fourth-order valence-electron chi connectivity index (χ4n) is 2.18. The van der Waals surface area contributed by atoms with Gasteiger partial charge in [0.2, 0.25) is 5.91 Å². The molecule has 2 rings (SSSR count). The SMILES string of the molecule is COc1cc(NC(=O)CCc2c(Cl)cccc2Cl)c(OC)cc1Cl. The first-order valence-corrected chi connectivity index (χ1v) is 8.24. The molecule has 0 unspecified atom stereocenters. The Kier molecular flexibility index (Phi) is 6.60. The maximum Gasteiger partial charge on any atom is 0.224 e. The van der Waals surface area contributed by atoms with Gasteiger partial charge in [0.15, 0.2) is 0 Å². The van der Waals surface area contributed by atoms with Crippen LogP contribution in [0.1, 0.15) is 12.0 Å². The molecular weight excluding hydrogens is 373 g/mol. The van der Waals surface area contributed by atoms with Crippen molar-refractivity contribution in [3.63, 3.8) is 0 Å². The number of halogens is 3. The van der Waals surface area contributed by atoms with E-state index in [0.717, 1.165) is 5.56 Å². The first-order valence-electron chi connectivity index (χ1n) is 7.10. The van der Waals surface area contributed by atoms with Gasteiger partial charge in [-0.2, -0.15) is 0 Å². The third-order valence-electron chi connectivity index (χ3n) is 3.41. The minimum absolute atomic E-state index is 0.200. The zero-order chi connectivity index (χ0) is 17.7. The smallest absolute Gasteiger partial charge is 0.224 e. The van der Waals surface area contributed by atoms with E-state index in [1.807, 2.05) is 0 Å². The molecule has 2 aromatic rings. The molecule has 0 atom stereocenters. The molecule has 128 valence electrons. The molecule has 1 N–H and O–H groups in total. The van der Waals surface area contributed by atoms with Crippen molar-refractivity contribution in [3.8, 4) is 11.5 Å². The van der Waals surface area contributed by atoms with Crippen molar-refractivity contribution in [1.29, 1.82) is 0 Å². The minimum Gasteiger partial charge on any atom is -0.495 e. The van der Waals surface area contributed by atoms with Crippen molar-refractivity contribution in [1.82, 2.24) is 0 Å². The van der Waals surface area contributed by atoms with E-state index in [9.17, 15) is 4.79 Å². The van der Waals surface area contributed by atoms with Crippen molar-refractivity contribution >= 4 is 46.4 Å². The van der Waals surface area contributed by atoms with Gasteiger partial charge in [0.25, 0.3) is 0 Å². The molecule has 0 saturated heterocycles. The van der Waals surface area contributed by atoms with E-state index >= 15 is 0 Å². The van der Waals surface area contributed by atoms with Crippen molar-refractivity contribution in [2.45, 2.75) is 12.8 Å². The van der Waals surface area contributed by atoms with E-state index in [0.29, 0.717) is 38.7 Å². The number of anilines is 1. The number of carbonyl (C=O) groups is 1. The normalized spacial score (nSPS) is 10.4. The summed E-state index contributed by atoms with van der Waals surface area (Å²) in [4.78, 5) is 12.2. The molecule has 1 amide bonds. The summed E-state index contributed by atoms with van der Waals surface area (Å²) in [6.07, 6.45) is 0.648. The van der Waals surface area contributed by atoms with Gasteiger partial charge in [0.05, 0.1) is 24.9 Å². The Hall–Kier alpha value is -1.62. The Bertz CT molecular complexity index is 730. The molecule has 24 heavy (non-hydrogen) atoms. The van der Waals surface area contributed by atoms with E-state index in [2.05, 4.69) is 5.32 Å². The van der Waals surface area contributed by atoms with Gasteiger partial charge in [-0.3, -0.25) is 4.79 Å². The van der Waals surface area contributed by atoms with Crippen LogP contribution in [-0.4, -0.2) is 20.1 Å². The maximum absolute atomic E-state index is 12.2. The average molecular weight is 389 g/mol. The first-order chi connectivity index (χ1) is 11.5. The molecule has 7 heteroatoms. The molecule has 0 aliphatic carbocycles. The lowest BCUT2D eigenvalue weighted by molar-refractivity contribution is -0.116. The van der Waals surface area contributed by atoms with Gasteiger partial charge < -0.3 is 14.8 Å². The van der Waals surface area contributed by atoms with Crippen LogP contribution in [0.2, 0.25) is 15.1 Å². The summed E-state index contributed by atoms with van der Waals surface area (Å²) in [6, 6.07) is 8.45. The lowest BCUT2D eigenvalue weighted by Gasteiger charge is -2.13. The quantitative estimate of drug-likeness (QED) is 0.736. The van der Waals surface area contributed by atoms with Crippen LogP contribution < -0.4 is 14.8 Å². The predicted octanol–water partition coefficient (Wildman–Crippen LogP) is 5.24. The second-order valence-electron chi connectivity index (χ2n) is 4.94. The number of methoxy groups -OCH3 is 2. The Morgan fingerprint density at radius 2 is 1.62 bits per heavy atom. The molecule has 0 aliphatic rings. The number of ether oxygens (including phenoxy) is 2. The zero-order valence-corrected chi connectivity index (χ0v) is 15.4. The highest BCUT2D eigenvalue weighted by atomic mass is 35.5. The summed E-state index contributed by atoms with van der Waals surface area (Å²) < 4.78 is 10.4. The second-order valence-corrected chi connectivity index (χ2v) is 6.16. The second kappa shape index (κ2) is 8.47. The molecule has 0 spiro atoms. The molecule has 0 aromatic heterocycles. The molecule has 0 saturated carbocycles. The van der Waals surface area contributed by atoms with Crippen LogP contribution in [0.15, 0.2) is 30.3 Å². The van der Waals surface area contributed by atoms with Crippen molar-refractivity contribution < 1.29 is 14.3 Å². The topological polar surface area (TPSA) is 47.6 Å². The van der Waals surface area contributed by atoms with Gasteiger partial charge in [-0.15, -0.1) is 0 Å². The lowest BCUT2D eigenvalue weighted by atomic mass is 10.1. The number of nitrogens with one attached hydrogen (secondary N) is 1. The molecule has 4 nitrogen and oxygen atoms in total. The summed E-state index contributed by atoms with van der Waals surface area (Å²) in [5, 5.41) is 4.27. The number of rotatable bonds is 6. The van der Waals surface area contributed by atoms with Crippen LogP contribution in [0.4, 0.5) is 5.69 Å². The summed E-state index contributed by atoms with van der Waals surface area (Å²) in [5.74, 6) is 0.695. The Morgan fingerprint density at radius 1 is 1.00 bits per heavy atom. The summed E-state index contributed by atoms with van der Waals surface area (Å²) in [7, 11) is 3.00. The molecule has 0 heterocycles.